The van der Waals surface area contributed by atoms with Crippen molar-refractivity contribution in [2.24, 2.45) is 5.92 Å². The molecule has 1 fully saturated rings. The molecular weight excluding hydrogens is 418 g/mol. The number of ether oxygens (including phenoxy) is 2. The number of urea groups is 1. The molecule has 1 atom stereocenters. The molecule has 168 valence electrons. The molecule has 3 amide bonds. The van der Waals surface area contributed by atoms with E-state index in [-0.39, 0.29) is 17.8 Å². The maximum Gasteiger partial charge on any atom is 0.321 e. The maximum atomic E-state index is 12.2. The van der Waals surface area contributed by atoms with Crippen LogP contribution in [0.5, 0.6) is 5.75 Å². The summed E-state index contributed by atoms with van der Waals surface area (Å²) < 4.78 is 13.0. The topological polar surface area (TPSA) is 107 Å². The zero-order valence-corrected chi connectivity index (χ0v) is 18.9. The quantitative estimate of drug-likeness (QED) is 0.569. The van der Waals surface area contributed by atoms with Gasteiger partial charge in [-0.2, -0.15) is 0 Å². The van der Waals surface area contributed by atoms with Crippen molar-refractivity contribution in [2.45, 2.75) is 44.5 Å². The first kappa shape index (κ1) is 23.1. The first-order chi connectivity index (χ1) is 15.0. The third-order valence-electron chi connectivity index (χ3n) is 4.73. The number of nitrogens with zero attached hydrogens (tertiary/aromatic N) is 3. The van der Waals surface area contributed by atoms with Crippen LogP contribution in [0.2, 0.25) is 0 Å². The van der Waals surface area contributed by atoms with E-state index in [0.29, 0.717) is 30.0 Å². The lowest BCUT2D eigenvalue weighted by Crippen LogP contribution is -2.41. The Bertz CT molecular complexity index is 878. The molecule has 3 rings (SSSR count). The lowest BCUT2D eigenvalue weighted by Gasteiger charge is -2.15. The fourth-order valence-corrected chi connectivity index (χ4v) is 3.89. The molecule has 1 saturated heterocycles. The molecular formula is C21H29N5O4S. The first-order valence-electron chi connectivity index (χ1n) is 10.4. The van der Waals surface area contributed by atoms with Crippen molar-refractivity contribution in [3.63, 3.8) is 0 Å². The molecule has 0 saturated carbocycles. The fraction of sp³-hybridized carbons (Fsp3) is 0.524. The molecule has 1 aromatic carbocycles. The summed E-state index contributed by atoms with van der Waals surface area (Å²) in [5, 5.41) is 14.3. The molecule has 10 heteroatoms. The maximum absolute atomic E-state index is 12.2. The molecule has 0 aliphatic carbocycles. The van der Waals surface area contributed by atoms with E-state index in [2.05, 4.69) is 20.8 Å². The second-order valence-electron chi connectivity index (χ2n) is 7.72. The van der Waals surface area contributed by atoms with Gasteiger partial charge in [0.2, 0.25) is 5.91 Å². The summed E-state index contributed by atoms with van der Waals surface area (Å²) in [6, 6.07) is 7.11. The Balaban J connectivity index is 1.69. The summed E-state index contributed by atoms with van der Waals surface area (Å²) in [6.45, 7) is 5.83. The van der Waals surface area contributed by atoms with Crippen LogP contribution < -0.4 is 15.4 Å². The van der Waals surface area contributed by atoms with Gasteiger partial charge in [0.05, 0.1) is 25.5 Å². The van der Waals surface area contributed by atoms with Gasteiger partial charge in [0.25, 0.3) is 0 Å². The number of benzene rings is 1. The molecule has 0 bridgehead atoms. The predicted octanol–water partition coefficient (Wildman–Crippen LogP) is 2.71. The molecule has 0 spiro atoms. The Morgan fingerprint density at radius 2 is 2.06 bits per heavy atom. The highest BCUT2D eigenvalue weighted by Gasteiger charge is 2.22. The average Bonchev–Trinajstić information content (AvgIpc) is 3.41. The van der Waals surface area contributed by atoms with E-state index in [4.69, 9.17) is 9.47 Å². The van der Waals surface area contributed by atoms with Crippen LogP contribution >= 0.6 is 11.8 Å². The SMILES string of the molecule is COc1ccc(-c2nnc(SCC(=O)NC(=O)NCC(C)C)n2CC2CCCO2)cc1. The third-order valence-corrected chi connectivity index (χ3v) is 5.70. The zero-order valence-electron chi connectivity index (χ0n) is 18.1. The number of hydrogen-bond donors (Lipinski definition) is 2. The van der Waals surface area contributed by atoms with Gasteiger partial charge in [-0.1, -0.05) is 25.6 Å². The van der Waals surface area contributed by atoms with Gasteiger partial charge in [-0.25, -0.2) is 4.79 Å². The number of nitrogens with one attached hydrogen (secondary N) is 2. The molecule has 1 aliphatic rings. The van der Waals surface area contributed by atoms with Gasteiger partial charge in [0, 0.05) is 18.7 Å². The highest BCUT2D eigenvalue weighted by Crippen LogP contribution is 2.27. The van der Waals surface area contributed by atoms with Gasteiger partial charge in [-0.15, -0.1) is 10.2 Å². The van der Waals surface area contributed by atoms with Crippen molar-refractivity contribution in [2.75, 3.05) is 26.0 Å². The first-order valence-corrected chi connectivity index (χ1v) is 11.3. The van der Waals surface area contributed by atoms with Crippen molar-refractivity contribution in [3.05, 3.63) is 24.3 Å². The summed E-state index contributed by atoms with van der Waals surface area (Å²) in [5.74, 6) is 1.44. The summed E-state index contributed by atoms with van der Waals surface area (Å²) >= 11 is 1.25. The highest BCUT2D eigenvalue weighted by molar-refractivity contribution is 7.99. The number of hydrogen-bond acceptors (Lipinski definition) is 7. The van der Waals surface area contributed by atoms with Crippen molar-refractivity contribution in [1.82, 2.24) is 25.4 Å². The second kappa shape index (κ2) is 11.1. The summed E-state index contributed by atoms with van der Waals surface area (Å²) in [5.41, 5.74) is 0.899. The van der Waals surface area contributed by atoms with E-state index in [9.17, 15) is 9.59 Å². The van der Waals surface area contributed by atoms with Gasteiger partial charge in [0.15, 0.2) is 11.0 Å². The second-order valence-corrected chi connectivity index (χ2v) is 8.66. The number of methoxy groups -OCH3 is 1. The molecule has 9 nitrogen and oxygen atoms in total. The van der Waals surface area contributed by atoms with Crippen LogP contribution in [0.15, 0.2) is 29.4 Å². The molecule has 1 unspecified atom stereocenters. The van der Waals surface area contributed by atoms with Crippen molar-refractivity contribution in [1.29, 1.82) is 0 Å². The lowest BCUT2D eigenvalue weighted by molar-refractivity contribution is -0.117. The third kappa shape index (κ3) is 6.70. The number of thioether (sulfide) groups is 1. The number of carbonyl (C=O) groups excluding carboxylic acids is 2. The van der Waals surface area contributed by atoms with Gasteiger partial charge < -0.3 is 14.8 Å². The Kier molecular flexibility index (Phi) is 8.30. The summed E-state index contributed by atoms with van der Waals surface area (Å²) in [4.78, 5) is 24.0. The van der Waals surface area contributed by atoms with Crippen molar-refractivity contribution in [3.8, 4) is 17.1 Å². The van der Waals surface area contributed by atoms with E-state index in [1.807, 2.05) is 42.7 Å². The van der Waals surface area contributed by atoms with Gasteiger partial charge >= 0.3 is 6.03 Å². The molecule has 31 heavy (non-hydrogen) atoms. The summed E-state index contributed by atoms with van der Waals surface area (Å²) in [7, 11) is 1.62. The molecule has 2 heterocycles. The van der Waals surface area contributed by atoms with E-state index in [1.165, 1.54) is 11.8 Å². The zero-order chi connectivity index (χ0) is 22.2. The minimum absolute atomic E-state index is 0.0569. The highest BCUT2D eigenvalue weighted by atomic mass is 32.2. The molecule has 2 aromatic rings. The number of aromatic nitrogens is 3. The Labute approximate surface area is 186 Å². The minimum Gasteiger partial charge on any atom is -0.497 e. The van der Waals surface area contributed by atoms with Crippen LogP contribution in [0.25, 0.3) is 11.4 Å². The normalized spacial score (nSPS) is 15.8. The van der Waals surface area contributed by atoms with E-state index < -0.39 is 6.03 Å². The van der Waals surface area contributed by atoms with Crippen LogP contribution in [0.4, 0.5) is 4.79 Å². The lowest BCUT2D eigenvalue weighted by atomic mass is 10.2. The molecule has 1 aliphatic heterocycles. The average molecular weight is 448 g/mol. The Morgan fingerprint density at radius 3 is 2.71 bits per heavy atom. The van der Waals surface area contributed by atoms with E-state index in [0.717, 1.165) is 30.8 Å². The van der Waals surface area contributed by atoms with Crippen molar-refractivity contribution >= 4 is 23.7 Å². The smallest absolute Gasteiger partial charge is 0.321 e. The minimum atomic E-state index is -0.487. The monoisotopic (exact) mass is 447 g/mol. The number of rotatable bonds is 9. The molecule has 2 N–H and O–H groups in total. The summed E-state index contributed by atoms with van der Waals surface area (Å²) in [6.07, 6.45) is 2.09. The van der Waals surface area contributed by atoms with Crippen molar-refractivity contribution < 1.29 is 19.1 Å². The van der Waals surface area contributed by atoms with Crippen LogP contribution in [0, 0.1) is 5.92 Å². The van der Waals surface area contributed by atoms with Crippen LogP contribution in [-0.2, 0) is 16.1 Å². The van der Waals surface area contributed by atoms with Crippen LogP contribution in [-0.4, -0.2) is 58.8 Å². The van der Waals surface area contributed by atoms with E-state index in [1.54, 1.807) is 7.11 Å². The molecule has 0 radical (unpaired) electrons. The Hall–Kier alpha value is -2.59. The Morgan fingerprint density at radius 1 is 1.29 bits per heavy atom. The van der Waals surface area contributed by atoms with Gasteiger partial charge in [-0.3, -0.25) is 14.7 Å². The fourth-order valence-electron chi connectivity index (χ4n) is 3.14. The predicted molar refractivity (Wildman–Crippen MR) is 118 cm³/mol. The van der Waals surface area contributed by atoms with Crippen LogP contribution in [0.1, 0.15) is 26.7 Å². The van der Waals surface area contributed by atoms with E-state index >= 15 is 0 Å². The number of carbonyl (C=O) groups is 2. The largest absolute Gasteiger partial charge is 0.497 e. The van der Waals surface area contributed by atoms with Gasteiger partial charge in [-0.05, 0) is 43.0 Å². The number of imide groups is 1. The molecule has 1 aromatic heterocycles. The standard InChI is InChI=1S/C21H29N5O4S/c1-14(2)11-22-20(28)23-18(27)13-31-21-25-24-19(15-6-8-16(29-3)9-7-15)26(21)12-17-5-4-10-30-17/h6-9,14,17H,4-5,10-13H2,1-3H3,(H2,22,23,27,28). The number of amides is 3. The van der Waals surface area contributed by atoms with Crippen LogP contribution in [0.3, 0.4) is 0 Å². The van der Waals surface area contributed by atoms with Gasteiger partial charge in [0.1, 0.15) is 5.75 Å².